The van der Waals surface area contributed by atoms with E-state index in [1.54, 1.807) is 6.92 Å². The first-order valence-corrected chi connectivity index (χ1v) is 7.30. The molecule has 3 unspecified atom stereocenters. The molecule has 0 bridgehead atoms. The Morgan fingerprint density at radius 3 is 2.85 bits per heavy atom. The highest BCUT2D eigenvalue weighted by Crippen LogP contribution is 2.28. The molecule has 1 aromatic carbocycles. The van der Waals surface area contributed by atoms with Crippen molar-refractivity contribution in [3.8, 4) is 0 Å². The van der Waals surface area contributed by atoms with Gasteiger partial charge in [0.05, 0.1) is 0 Å². The van der Waals surface area contributed by atoms with Crippen molar-refractivity contribution in [3.05, 3.63) is 35.4 Å². The fraction of sp³-hybridized carbons (Fsp3) is 0.562. The highest BCUT2D eigenvalue weighted by atomic mass is 16.1. The number of rotatable bonds is 4. The predicted molar refractivity (Wildman–Crippen MR) is 81.4 cm³/mol. The molecule has 1 heterocycles. The lowest BCUT2D eigenvalue weighted by Crippen LogP contribution is -2.41. The van der Waals surface area contributed by atoms with Crippen molar-refractivity contribution in [2.75, 3.05) is 13.1 Å². The Hall–Kier alpha value is -1.39. The molecule has 1 amide bonds. The van der Waals surface area contributed by atoms with Crippen LogP contribution in [0.5, 0.6) is 0 Å². The zero-order chi connectivity index (χ0) is 14.7. The molecule has 1 aromatic rings. The first kappa shape index (κ1) is 15.0. The number of nitrogens with one attached hydrogen (secondary N) is 1. The lowest BCUT2D eigenvalue weighted by molar-refractivity contribution is -0.119. The van der Waals surface area contributed by atoms with Gasteiger partial charge in [-0.05, 0) is 25.8 Å². The standard InChI is InChI=1S/C16H25N3O/c1-11-5-4-6-14(9-11)16(12(2)17)19-8-7-15(10-19)18-13(3)20/h4-6,9,12,15-16H,7-8,10,17H2,1-3H3,(H,18,20). The molecule has 1 aliphatic heterocycles. The van der Waals surface area contributed by atoms with Gasteiger partial charge in [0.15, 0.2) is 0 Å². The van der Waals surface area contributed by atoms with Gasteiger partial charge < -0.3 is 11.1 Å². The van der Waals surface area contributed by atoms with Crippen LogP contribution < -0.4 is 11.1 Å². The van der Waals surface area contributed by atoms with Crippen LogP contribution in [-0.2, 0) is 4.79 Å². The molecule has 2 rings (SSSR count). The summed E-state index contributed by atoms with van der Waals surface area (Å²) in [5, 5.41) is 3.01. The van der Waals surface area contributed by atoms with Gasteiger partial charge in [-0.25, -0.2) is 0 Å². The molecule has 1 saturated heterocycles. The molecular formula is C16H25N3O. The van der Waals surface area contributed by atoms with Crippen LogP contribution in [0.25, 0.3) is 0 Å². The molecule has 3 N–H and O–H groups in total. The van der Waals surface area contributed by atoms with E-state index in [9.17, 15) is 4.79 Å². The molecule has 4 nitrogen and oxygen atoms in total. The minimum Gasteiger partial charge on any atom is -0.352 e. The third-order valence-electron chi connectivity index (χ3n) is 3.90. The molecule has 0 saturated carbocycles. The molecule has 0 aromatic heterocycles. The molecule has 1 fully saturated rings. The van der Waals surface area contributed by atoms with E-state index < -0.39 is 0 Å². The van der Waals surface area contributed by atoms with Crippen LogP contribution in [0.15, 0.2) is 24.3 Å². The van der Waals surface area contributed by atoms with Gasteiger partial charge in [-0.15, -0.1) is 0 Å². The lowest BCUT2D eigenvalue weighted by Gasteiger charge is -2.31. The molecule has 0 spiro atoms. The maximum atomic E-state index is 11.2. The van der Waals surface area contributed by atoms with E-state index in [-0.39, 0.29) is 24.0 Å². The molecule has 0 aliphatic carbocycles. The summed E-state index contributed by atoms with van der Waals surface area (Å²) in [5.74, 6) is 0.0461. The number of benzene rings is 1. The largest absolute Gasteiger partial charge is 0.352 e. The van der Waals surface area contributed by atoms with Crippen molar-refractivity contribution in [3.63, 3.8) is 0 Å². The fourth-order valence-electron chi connectivity index (χ4n) is 3.15. The van der Waals surface area contributed by atoms with Crippen molar-refractivity contribution in [1.82, 2.24) is 10.2 Å². The van der Waals surface area contributed by atoms with E-state index in [4.69, 9.17) is 5.73 Å². The van der Waals surface area contributed by atoms with E-state index in [0.29, 0.717) is 0 Å². The van der Waals surface area contributed by atoms with Crippen molar-refractivity contribution < 1.29 is 4.79 Å². The smallest absolute Gasteiger partial charge is 0.217 e. The SMILES string of the molecule is CC(=O)NC1CCN(C(c2cccc(C)c2)C(C)N)C1. The Balaban J connectivity index is 2.12. The van der Waals surface area contributed by atoms with Crippen molar-refractivity contribution in [1.29, 1.82) is 0 Å². The molecule has 0 radical (unpaired) electrons. The highest BCUT2D eigenvalue weighted by Gasteiger charge is 2.31. The van der Waals surface area contributed by atoms with Crippen molar-refractivity contribution >= 4 is 5.91 Å². The lowest BCUT2D eigenvalue weighted by atomic mass is 9.98. The average Bonchev–Trinajstić information content (AvgIpc) is 2.76. The number of amides is 1. The summed E-state index contributed by atoms with van der Waals surface area (Å²) in [6.45, 7) is 7.58. The van der Waals surface area contributed by atoms with Crippen molar-refractivity contribution in [2.24, 2.45) is 5.73 Å². The summed E-state index contributed by atoms with van der Waals surface area (Å²) in [5.41, 5.74) is 8.74. The van der Waals surface area contributed by atoms with Crippen molar-refractivity contribution in [2.45, 2.75) is 45.3 Å². The Labute approximate surface area is 121 Å². The summed E-state index contributed by atoms with van der Waals surface area (Å²) in [4.78, 5) is 13.6. The van der Waals surface area contributed by atoms with E-state index in [2.05, 4.69) is 48.3 Å². The molecule has 4 heteroatoms. The van der Waals surface area contributed by atoms with Gasteiger partial charge in [0, 0.05) is 38.1 Å². The van der Waals surface area contributed by atoms with E-state index in [1.165, 1.54) is 11.1 Å². The summed E-state index contributed by atoms with van der Waals surface area (Å²) < 4.78 is 0. The summed E-state index contributed by atoms with van der Waals surface area (Å²) >= 11 is 0. The van der Waals surface area contributed by atoms with Gasteiger partial charge >= 0.3 is 0 Å². The fourth-order valence-corrected chi connectivity index (χ4v) is 3.15. The van der Waals surface area contributed by atoms with Crippen LogP contribution in [0, 0.1) is 6.92 Å². The highest BCUT2D eigenvalue weighted by molar-refractivity contribution is 5.73. The minimum atomic E-state index is 0.0461. The third kappa shape index (κ3) is 3.58. The van der Waals surface area contributed by atoms with E-state index in [0.717, 1.165) is 19.5 Å². The number of carbonyl (C=O) groups excluding carboxylic acids is 1. The Morgan fingerprint density at radius 2 is 2.25 bits per heavy atom. The average molecular weight is 275 g/mol. The summed E-state index contributed by atoms with van der Waals surface area (Å²) in [7, 11) is 0. The number of nitrogens with two attached hydrogens (primary N) is 1. The third-order valence-corrected chi connectivity index (χ3v) is 3.90. The van der Waals surface area contributed by atoms with Gasteiger partial charge in [0.25, 0.3) is 0 Å². The number of nitrogens with zero attached hydrogens (tertiary/aromatic N) is 1. The normalized spacial score (nSPS) is 22.5. The van der Waals surface area contributed by atoms with Crippen LogP contribution in [-0.4, -0.2) is 36.0 Å². The second kappa shape index (κ2) is 6.37. The zero-order valence-corrected chi connectivity index (χ0v) is 12.6. The molecular weight excluding hydrogens is 250 g/mol. The maximum Gasteiger partial charge on any atom is 0.217 e. The second-order valence-corrected chi connectivity index (χ2v) is 5.90. The van der Waals surface area contributed by atoms with Crippen LogP contribution in [0.1, 0.15) is 37.4 Å². The van der Waals surface area contributed by atoms with Gasteiger partial charge in [0.1, 0.15) is 0 Å². The topological polar surface area (TPSA) is 58.4 Å². The number of aryl methyl sites for hydroxylation is 1. The van der Waals surface area contributed by atoms with Gasteiger partial charge in [-0.2, -0.15) is 0 Å². The quantitative estimate of drug-likeness (QED) is 0.877. The monoisotopic (exact) mass is 275 g/mol. The first-order valence-electron chi connectivity index (χ1n) is 7.30. The molecule has 3 atom stereocenters. The minimum absolute atomic E-state index is 0.0461. The second-order valence-electron chi connectivity index (χ2n) is 5.90. The summed E-state index contributed by atoms with van der Waals surface area (Å²) in [6.07, 6.45) is 0.995. The zero-order valence-electron chi connectivity index (χ0n) is 12.6. The first-order chi connectivity index (χ1) is 9.47. The van der Waals surface area contributed by atoms with Gasteiger partial charge in [-0.1, -0.05) is 29.8 Å². The van der Waals surface area contributed by atoms with Crippen LogP contribution in [0.2, 0.25) is 0 Å². The number of carbonyl (C=O) groups is 1. The molecule has 1 aliphatic rings. The number of likely N-dealkylation sites (tertiary alicyclic amines) is 1. The summed E-state index contributed by atoms with van der Waals surface area (Å²) in [6, 6.07) is 9.07. The van der Waals surface area contributed by atoms with Gasteiger partial charge in [0.2, 0.25) is 5.91 Å². The number of hydrogen-bond donors (Lipinski definition) is 2. The Morgan fingerprint density at radius 1 is 1.50 bits per heavy atom. The van der Waals surface area contributed by atoms with E-state index in [1.807, 2.05) is 0 Å². The predicted octanol–water partition coefficient (Wildman–Crippen LogP) is 1.59. The Kier molecular flexibility index (Phi) is 4.78. The maximum absolute atomic E-state index is 11.2. The molecule has 110 valence electrons. The van der Waals surface area contributed by atoms with Crippen LogP contribution in [0.3, 0.4) is 0 Å². The van der Waals surface area contributed by atoms with Crippen LogP contribution >= 0.6 is 0 Å². The van der Waals surface area contributed by atoms with Gasteiger partial charge in [-0.3, -0.25) is 9.69 Å². The number of hydrogen-bond acceptors (Lipinski definition) is 3. The van der Waals surface area contributed by atoms with Crippen LogP contribution in [0.4, 0.5) is 0 Å². The Bertz CT molecular complexity index is 473. The molecule has 20 heavy (non-hydrogen) atoms. The van der Waals surface area contributed by atoms with E-state index >= 15 is 0 Å².